The maximum atomic E-state index is 11.5. The number of anilines is 3. The number of hydrogen-bond acceptors (Lipinski definition) is 3. The summed E-state index contributed by atoms with van der Waals surface area (Å²) < 4.78 is 1.84. The van der Waals surface area contributed by atoms with Crippen LogP contribution in [0.1, 0.15) is 10.4 Å². The second-order valence-electron chi connectivity index (χ2n) is 4.10. The summed E-state index contributed by atoms with van der Waals surface area (Å²) in [5.41, 5.74) is 8.65. The van der Waals surface area contributed by atoms with E-state index in [-0.39, 0.29) is 5.91 Å². The molecule has 104 valence electrons. The average Bonchev–Trinajstić information content (AvgIpc) is 2.43. The van der Waals surface area contributed by atoms with Crippen LogP contribution in [-0.4, -0.2) is 13.0 Å². The standard InChI is InChI=1S/C14H13Br2N3O/c1-18-14(20)8-5-6-12(11(17)7-8)19-13-9(15)3-2-4-10(13)16/h2-7,19H,17H2,1H3,(H,18,20). The molecule has 0 heterocycles. The number of amides is 1. The van der Waals surface area contributed by atoms with Crippen molar-refractivity contribution in [2.24, 2.45) is 0 Å². The number of nitrogen functional groups attached to an aromatic ring is 1. The largest absolute Gasteiger partial charge is 0.397 e. The van der Waals surface area contributed by atoms with Crippen LogP contribution in [0.3, 0.4) is 0 Å². The number of carbonyl (C=O) groups excluding carboxylic acids is 1. The Balaban J connectivity index is 2.33. The lowest BCUT2D eigenvalue weighted by atomic mass is 10.1. The zero-order valence-corrected chi connectivity index (χ0v) is 13.9. The molecule has 20 heavy (non-hydrogen) atoms. The van der Waals surface area contributed by atoms with E-state index in [1.807, 2.05) is 18.2 Å². The van der Waals surface area contributed by atoms with Crippen LogP contribution < -0.4 is 16.4 Å². The summed E-state index contributed by atoms with van der Waals surface area (Å²) in [6, 6.07) is 10.9. The van der Waals surface area contributed by atoms with Crippen LogP contribution in [0.5, 0.6) is 0 Å². The van der Waals surface area contributed by atoms with E-state index in [2.05, 4.69) is 42.5 Å². The van der Waals surface area contributed by atoms with E-state index in [1.165, 1.54) is 0 Å². The number of nitrogens with two attached hydrogens (primary N) is 1. The van der Waals surface area contributed by atoms with Crippen molar-refractivity contribution >= 4 is 54.8 Å². The number of rotatable bonds is 3. The van der Waals surface area contributed by atoms with Crippen molar-refractivity contribution in [3.05, 3.63) is 50.9 Å². The Morgan fingerprint density at radius 1 is 1.15 bits per heavy atom. The van der Waals surface area contributed by atoms with Gasteiger partial charge in [0.25, 0.3) is 5.91 Å². The van der Waals surface area contributed by atoms with Gasteiger partial charge in [-0.05, 0) is 62.2 Å². The fourth-order valence-corrected chi connectivity index (χ4v) is 2.91. The summed E-state index contributed by atoms with van der Waals surface area (Å²) in [6.45, 7) is 0. The third-order valence-electron chi connectivity index (χ3n) is 2.76. The minimum atomic E-state index is -0.162. The average molecular weight is 399 g/mol. The minimum absolute atomic E-state index is 0.162. The van der Waals surface area contributed by atoms with Crippen molar-refractivity contribution in [2.75, 3.05) is 18.1 Å². The molecule has 0 spiro atoms. The molecule has 2 rings (SSSR count). The molecule has 0 saturated carbocycles. The Kier molecular flexibility index (Phi) is 4.67. The Morgan fingerprint density at radius 3 is 2.35 bits per heavy atom. The van der Waals surface area contributed by atoms with Crippen molar-refractivity contribution in [3.63, 3.8) is 0 Å². The molecule has 0 aromatic heterocycles. The molecule has 1 amide bonds. The first-order valence-corrected chi connectivity index (χ1v) is 7.44. The Morgan fingerprint density at radius 2 is 1.80 bits per heavy atom. The zero-order valence-electron chi connectivity index (χ0n) is 10.7. The number of hydrogen-bond donors (Lipinski definition) is 3. The summed E-state index contributed by atoms with van der Waals surface area (Å²) in [5.74, 6) is -0.162. The third-order valence-corrected chi connectivity index (χ3v) is 4.08. The van der Waals surface area contributed by atoms with E-state index < -0.39 is 0 Å². The Labute approximate surface area is 134 Å². The van der Waals surface area contributed by atoms with Gasteiger partial charge in [-0.1, -0.05) is 6.07 Å². The van der Waals surface area contributed by atoms with Crippen LogP contribution in [0, 0.1) is 0 Å². The highest BCUT2D eigenvalue weighted by Gasteiger charge is 2.09. The highest BCUT2D eigenvalue weighted by molar-refractivity contribution is 9.11. The van der Waals surface area contributed by atoms with Gasteiger partial charge in [0.05, 0.1) is 17.1 Å². The first-order chi connectivity index (χ1) is 9.52. The maximum Gasteiger partial charge on any atom is 0.251 e. The molecule has 4 nitrogen and oxygen atoms in total. The molecular formula is C14H13Br2N3O. The quantitative estimate of drug-likeness (QED) is 0.687. The first-order valence-electron chi connectivity index (χ1n) is 5.85. The van der Waals surface area contributed by atoms with Gasteiger partial charge < -0.3 is 16.4 Å². The number of nitrogens with one attached hydrogen (secondary N) is 2. The van der Waals surface area contributed by atoms with Gasteiger partial charge in [0.2, 0.25) is 0 Å². The number of para-hydroxylation sites is 1. The SMILES string of the molecule is CNC(=O)c1ccc(Nc2c(Br)cccc2Br)c(N)c1. The van der Waals surface area contributed by atoms with E-state index in [4.69, 9.17) is 5.73 Å². The molecule has 0 saturated heterocycles. The maximum absolute atomic E-state index is 11.5. The van der Waals surface area contributed by atoms with Crippen molar-refractivity contribution < 1.29 is 4.79 Å². The summed E-state index contributed by atoms with van der Waals surface area (Å²) in [5, 5.41) is 5.81. The summed E-state index contributed by atoms with van der Waals surface area (Å²) >= 11 is 6.96. The summed E-state index contributed by atoms with van der Waals surface area (Å²) in [4.78, 5) is 11.5. The van der Waals surface area contributed by atoms with Gasteiger partial charge in [-0.25, -0.2) is 0 Å². The smallest absolute Gasteiger partial charge is 0.251 e. The van der Waals surface area contributed by atoms with Crippen LogP contribution in [0.15, 0.2) is 45.3 Å². The minimum Gasteiger partial charge on any atom is -0.397 e. The van der Waals surface area contributed by atoms with Crippen LogP contribution in [0.25, 0.3) is 0 Å². The van der Waals surface area contributed by atoms with E-state index >= 15 is 0 Å². The normalized spacial score (nSPS) is 10.2. The topological polar surface area (TPSA) is 67.2 Å². The predicted octanol–water partition coefficient (Wildman–Crippen LogP) is 3.90. The van der Waals surface area contributed by atoms with Crippen LogP contribution in [0.4, 0.5) is 17.1 Å². The lowest BCUT2D eigenvalue weighted by Crippen LogP contribution is -2.18. The third kappa shape index (κ3) is 3.13. The molecule has 0 fully saturated rings. The second-order valence-corrected chi connectivity index (χ2v) is 5.81. The van der Waals surface area contributed by atoms with Gasteiger partial charge >= 0.3 is 0 Å². The van der Waals surface area contributed by atoms with Crippen LogP contribution in [-0.2, 0) is 0 Å². The molecule has 4 N–H and O–H groups in total. The van der Waals surface area contributed by atoms with Gasteiger partial charge in [0, 0.05) is 21.6 Å². The monoisotopic (exact) mass is 397 g/mol. The van der Waals surface area contributed by atoms with Gasteiger partial charge in [-0.3, -0.25) is 4.79 Å². The first kappa shape index (κ1) is 14.9. The van der Waals surface area contributed by atoms with Crippen molar-refractivity contribution in [1.29, 1.82) is 0 Å². The van der Waals surface area contributed by atoms with E-state index in [0.29, 0.717) is 11.3 Å². The molecule has 0 unspecified atom stereocenters. The molecule has 0 aliphatic heterocycles. The summed E-state index contributed by atoms with van der Waals surface area (Å²) in [6.07, 6.45) is 0. The Bertz CT molecular complexity index is 639. The van der Waals surface area contributed by atoms with Gasteiger partial charge in [0.1, 0.15) is 0 Å². The number of halogens is 2. The van der Waals surface area contributed by atoms with E-state index in [1.54, 1.807) is 25.2 Å². The van der Waals surface area contributed by atoms with Crippen molar-refractivity contribution in [1.82, 2.24) is 5.32 Å². The fourth-order valence-electron chi connectivity index (χ4n) is 1.71. The zero-order chi connectivity index (χ0) is 14.7. The predicted molar refractivity (Wildman–Crippen MR) is 89.4 cm³/mol. The Hall–Kier alpha value is -1.53. The highest BCUT2D eigenvalue weighted by atomic mass is 79.9. The molecular weight excluding hydrogens is 386 g/mol. The molecule has 0 atom stereocenters. The van der Waals surface area contributed by atoms with Crippen molar-refractivity contribution in [2.45, 2.75) is 0 Å². The van der Waals surface area contributed by atoms with Crippen LogP contribution in [0.2, 0.25) is 0 Å². The van der Waals surface area contributed by atoms with E-state index in [0.717, 1.165) is 20.3 Å². The summed E-state index contributed by atoms with van der Waals surface area (Å²) in [7, 11) is 1.59. The van der Waals surface area contributed by atoms with Crippen LogP contribution >= 0.6 is 31.9 Å². The fraction of sp³-hybridized carbons (Fsp3) is 0.0714. The van der Waals surface area contributed by atoms with E-state index in [9.17, 15) is 4.79 Å². The molecule has 0 radical (unpaired) electrons. The molecule has 2 aromatic rings. The van der Waals surface area contributed by atoms with Crippen molar-refractivity contribution in [3.8, 4) is 0 Å². The molecule has 0 aliphatic rings. The highest BCUT2D eigenvalue weighted by Crippen LogP contribution is 2.34. The van der Waals surface area contributed by atoms with Gasteiger partial charge in [0.15, 0.2) is 0 Å². The number of benzene rings is 2. The molecule has 6 heteroatoms. The molecule has 0 bridgehead atoms. The lowest BCUT2D eigenvalue weighted by molar-refractivity contribution is 0.0963. The van der Waals surface area contributed by atoms with Gasteiger partial charge in [-0.2, -0.15) is 0 Å². The van der Waals surface area contributed by atoms with Gasteiger partial charge in [-0.15, -0.1) is 0 Å². The lowest BCUT2D eigenvalue weighted by Gasteiger charge is -2.13. The number of carbonyl (C=O) groups is 1. The molecule has 2 aromatic carbocycles. The molecule has 0 aliphatic carbocycles. The second kappa shape index (κ2) is 6.28.